The molecule has 0 spiro atoms. The second-order valence-electron chi connectivity index (χ2n) is 10.0. The van der Waals surface area contributed by atoms with Gasteiger partial charge < -0.3 is 35.8 Å². The van der Waals surface area contributed by atoms with E-state index in [1.165, 1.54) is 33.5 Å². The van der Waals surface area contributed by atoms with E-state index in [4.69, 9.17) is 4.74 Å². The van der Waals surface area contributed by atoms with Crippen LogP contribution in [0.15, 0.2) is 12.4 Å². The number of nitrogens with one attached hydrogen (secondary N) is 2. The predicted octanol–water partition coefficient (Wildman–Crippen LogP) is -0.983. The lowest BCUT2D eigenvalue weighted by molar-refractivity contribution is -0.178. The highest BCUT2D eigenvalue weighted by atomic mass is 32.2. The molecule has 4 rings (SSSR count). The molecule has 4 unspecified atom stereocenters. The molecule has 0 aromatic carbocycles. The topological polar surface area (TPSA) is 210 Å². The molecule has 2 aromatic rings. The van der Waals surface area contributed by atoms with Crippen molar-refractivity contribution < 1.29 is 34.8 Å². The molecule has 0 radical (unpaired) electrons. The summed E-state index contributed by atoms with van der Waals surface area (Å²) in [4.78, 5) is 24.5. The summed E-state index contributed by atoms with van der Waals surface area (Å²) in [6.45, 7) is 4.33. The lowest BCUT2D eigenvalue weighted by Crippen LogP contribution is -2.55. The van der Waals surface area contributed by atoms with E-state index in [1.807, 2.05) is 13.8 Å². The number of aromatic nitrogens is 6. The molecule has 6 N–H and O–H groups in total. The summed E-state index contributed by atoms with van der Waals surface area (Å²) in [5, 5.41) is 64.2. The third kappa shape index (κ3) is 6.63. The van der Waals surface area contributed by atoms with Crippen LogP contribution < -0.4 is 10.6 Å². The maximum Gasteiger partial charge on any atom is 0.273 e. The minimum absolute atomic E-state index is 0.0326. The van der Waals surface area contributed by atoms with Gasteiger partial charge in [-0.25, -0.2) is 9.36 Å². The van der Waals surface area contributed by atoms with Gasteiger partial charge in [0.05, 0.1) is 31.1 Å². The van der Waals surface area contributed by atoms with Crippen molar-refractivity contribution in [3.8, 4) is 0 Å². The first-order chi connectivity index (χ1) is 19.3. The molecule has 1 saturated heterocycles. The fourth-order valence-electron chi connectivity index (χ4n) is 4.95. The maximum absolute atomic E-state index is 12.3. The van der Waals surface area contributed by atoms with E-state index in [-0.39, 0.29) is 22.5 Å². The minimum atomic E-state index is -1.33. The van der Waals surface area contributed by atoms with Crippen LogP contribution in [0.4, 0.5) is 0 Å². The van der Waals surface area contributed by atoms with Gasteiger partial charge in [-0.05, 0) is 25.7 Å². The summed E-state index contributed by atoms with van der Waals surface area (Å²) in [6.07, 6.45) is 1.80. The lowest BCUT2D eigenvalue weighted by Gasteiger charge is -2.44. The van der Waals surface area contributed by atoms with E-state index in [0.29, 0.717) is 25.9 Å². The first kappa shape index (κ1) is 30.3. The number of aliphatic hydroxyl groups excluding tert-OH is 4. The van der Waals surface area contributed by atoms with Crippen molar-refractivity contribution in [3.05, 3.63) is 23.8 Å². The highest BCUT2D eigenvalue weighted by molar-refractivity contribution is 8.00. The molecule has 3 heterocycles. The van der Waals surface area contributed by atoms with E-state index in [2.05, 4.69) is 31.3 Å². The average Bonchev–Trinajstić information content (AvgIpc) is 3.64. The van der Waals surface area contributed by atoms with Crippen LogP contribution in [0.25, 0.3) is 0 Å². The number of rotatable bonds is 11. The quantitative estimate of drug-likeness (QED) is 0.189. The Morgan fingerprint density at radius 3 is 2.15 bits per heavy atom. The fourth-order valence-corrected chi connectivity index (χ4v) is 6.47. The highest BCUT2D eigenvalue weighted by Gasteiger charge is 2.48. The Balaban J connectivity index is 1.47. The van der Waals surface area contributed by atoms with Gasteiger partial charge in [-0.2, -0.15) is 0 Å². The van der Waals surface area contributed by atoms with Crippen LogP contribution in [-0.2, 0) is 4.74 Å². The average molecular weight is 583 g/mol. The Labute approximate surface area is 235 Å². The summed E-state index contributed by atoms with van der Waals surface area (Å²) in [7, 11) is 0. The molecule has 15 nitrogen and oxygen atoms in total. The Kier molecular flexibility index (Phi) is 10.5. The van der Waals surface area contributed by atoms with Gasteiger partial charge in [-0.1, -0.05) is 30.7 Å². The Morgan fingerprint density at radius 1 is 0.950 bits per heavy atom. The van der Waals surface area contributed by atoms with Crippen molar-refractivity contribution in [2.24, 2.45) is 0 Å². The number of amides is 2. The van der Waals surface area contributed by atoms with Crippen LogP contribution in [0.1, 0.15) is 79.0 Å². The van der Waals surface area contributed by atoms with Gasteiger partial charge in [0, 0.05) is 18.3 Å². The zero-order valence-electron chi connectivity index (χ0n) is 22.5. The van der Waals surface area contributed by atoms with Gasteiger partial charge >= 0.3 is 0 Å². The summed E-state index contributed by atoms with van der Waals surface area (Å²) < 4.78 is 8.58. The van der Waals surface area contributed by atoms with E-state index in [0.717, 1.165) is 19.3 Å². The number of nitrogens with zero attached hydrogens (tertiary/aromatic N) is 6. The number of hydrogen-bond donors (Lipinski definition) is 6. The summed E-state index contributed by atoms with van der Waals surface area (Å²) in [6, 6.07) is -1.50. The summed E-state index contributed by atoms with van der Waals surface area (Å²) in [5.74, 6) is -0.758. The monoisotopic (exact) mass is 582 g/mol. The molecular weight excluding hydrogens is 544 g/mol. The normalized spacial score (nSPS) is 30.6. The minimum Gasteiger partial charge on any atom is -0.394 e. The third-order valence-corrected chi connectivity index (χ3v) is 8.65. The van der Waals surface area contributed by atoms with Crippen molar-refractivity contribution in [2.75, 3.05) is 19.7 Å². The van der Waals surface area contributed by atoms with Crippen LogP contribution in [-0.4, -0.2) is 117 Å². The van der Waals surface area contributed by atoms with Crippen molar-refractivity contribution >= 4 is 23.6 Å². The summed E-state index contributed by atoms with van der Waals surface area (Å²) >= 11 is 1.20. The van der Waals surface area contributed by atoms with Gasteiger partial charge in [0.25, 0.3) is 11.8 Å². The zero-order valence-corrected chi connectivity index (χ0v) is 23.4. The summed E-state index contributed by atoms with van der Waals surface area (Å²) in [5.41, 5.74) is -0.735. The molecule has 16 heteroatoms. The number of aliphatic hydroxyl groups is 4. The number of thioether (sulfide) groups is 1. The third-order valence-electron chi connectivity index (χ3n) is 7.12. The van der Waals surface area contributed by atoms with E-state index < -0.39 is 54.4 Å². The molecule has 2 aromatic heterocycles. The smallest absolute Gasteiger partial charge is 0.273 e. The van der Waals surface area contributed by atoms with Crippen LogP contribution in [0.5, 0.6) is 0 Å². The first-order valence-electron chi connectivity index (χ1n) is 13.6. The van der Waals surface area contributed by atoms with Gasteiger partial charge in [-0.3, -0.25) is 9.59 Å². The van der Waals surface area contributed by atoms with Crippen LogP contribution in [0.2, 0.25) is 0 Å². The molecule has 222 valence electrons. The van der Waals surface area contributed by atoms with Gasteiger partial charge in [-0.15, -0.1) is 22.0 Å². The SMILES string of the molecule is CCCNC(=O)c1cn(C2CCC[C@@H](S[C@@H]3OC(CO)[C@H](O)[C@H](n4cc(C(=O)NCCC)nn4)C3O)C2O)nn1. The molecule has 2 amide bonds. The molecule has 2 fully saturated rings. The molecule has 1 aliphatic heterocycles. The Bertz CT molecular complexity index is 1130. The van der Waals surface area contributed by atoms with Crippen molar-refractivity contribution in [3.63, 3.8) is 0 Å². The van der Waals surface area contributed by atoms with Gasteiger partial charge in [0.1, 0.15) is 29.8 Å². The second-order valence-corrected chi connectivity index (χ2v) is 11.4. The lowest BCUT2D eigenvalue weighted by atomic mass is 9.92. The van der Waals surface area contributed by atoms with Crippen molar-refractivity contribution in [1.29, 1.82) is 0 Å². The number of carbonyl (C=O) groups is 2. The standard InChI is InChI=1S/C24H38N8O7S/c1-3-8-25-22(37)13-10-31(29-27-13)15-6-5-7-17(19(15)34)40-24-21(36)18(20(35)16(12-33)39-24)32-11-14(28-30-32)23(38)26-9-4-2/h10-11,15-21,24,33-36H,3-9,12H2,1-2H3,(H,25,37)(H,26,38)/t15?,16?,17-,18+,19?,20+,21?,24+/m1/s1. The van der Waals surface area contributed by atoms with Crippen LogP contribution >= 0.6 is 11.8 Å². The molecule has 40 heavy (non-hydrogen) atoms. The molecule has 1 saturated carbocycles. The number of hydrogen-bond acceptors (Lipinski definition) is 12. The Hall–Kier alpha value is -2.63. The van der Waals surface area contributed by atoms with Crippen LogP contribution in [0, 0.1) is 0 Å². The predicted molar refractivity (Wildman–Crippen MR) is 142 cm³/mol. The molecule has 8 atom stereocenters. The van der Waals surface area contributed by atoms with Gasteiger partial charge in [0.15, 0.2) is 11.4 Å². The highest BCUT2D eigenvalue weighted by Crippen LogP contribution is 2.42. The zero-order chi connectivity index (χ0) is 28.8. The molecule has 1 aliphatic carbocycles. The molecule has 2 aliphatic rings. The van der Waals surface area contributed by atoms with Crippen molar-refractivity contribution in [1.82, 2.24) is 40.6 Å². The Morgan fingerprint density at radius 2 is 1.55 bits per heavy atom. The largest absolute Gasteiger partial charge is 0.394 e. The van der Waals surface area contributed by atoms with E-state index in [1.54, 1.807) is 0 Å². The van der Waals surface area contributed by atoms with Gasteiger partial charge in [0.2, 0.25) is 0 Å². The maximum atomic E-state index is 12.3. The van der Waals surface area contributed by atoms with Crippen LogP contribution in [0.3, 0.4) is 0 Å². The molecular formula is C24H38N8O7S. The fraction of sp³-hybridized carbons (Fsp3) is 0.750. The first-order valence-corrected chi connectivity index (χ1v) is 14.6. The van der Waals surface area contributed by atoms with E-state index in [9.17, 15) is 30.0 Å². The number of carbonyl (C=O) groups excluding carboxylic acids is 2. The number of ether oxygens (including phenoxy) is 1. The molecule has 0 bridgehead atoms. The second kappa shape index (κ2) is 13.8. The van der Waals surface area contributed by atoms with E-state index >= 15 is 0 Å². The van der Waals surface area contributed by atoms with Crippen molar-refractivity contribution in [2.45, 2.75) is 93.1 Å².